The van der Waals surface area contributed by atoms with Gasteiger partial charge < -0.3 is 15.0 Å². The topological polar surface area (TPSA) is 24.5 Å². The fraction of sp³-hybridized carbons (Fsp3) is 1.00. The summed E-state index contributed by atoms with van der Waals surface area (Å²) in [6, 6.07) is 1.49. The van der Waals surface area contributed by atoms with Crippen LogP contribution in [0.3, 0.4) is 0 Å². The number of hydrogen-bond acceptors (Lipinski definition) is 3. The van der Waals surface area contributed by atoms with Gasteiger partial charge in [0.1, 0.15) is 0 Å². The van der Waals surface area contributed by atoms with E-state index in [9.17, 15) is 0 Å². The number of likely N-dealkylation sites (N-methyl/N-ethyl adjacent to an activating group) is 1. The molecular formula is C12H24N2O. The molecule has 3 heteroatoms. The van der Waals surface area contributed by atoms with Gasteiger partial charge in [-0.05, 0) is 46.2 Å². The summed E-state index contributed by atoms with van der Waals surface area (Å²) < 4.78 is 5.92. The van der Waals surface area contributed by atoms with E-state index in [-0.39, 0.29) is 0 Å². The van der Waals surface area contributed by atoms with Crippen LogP contribution in [0.25, 0.3) is 0 Å². The molecule has 2 fully saturated rings. The van der Waals surface area contributed by atoms with Crippen LogP contribution >= 0.6 is 0 Å². The van der Waals surface area contributed by atoms with Crippen molar-refractivity contribution < 1.29 is 4.74 Å². The van der Waals surface area contributed by atoms with Crippen molar-refractivity contribution in [3.63, 3.8) is 0 Å². The lowest BCUT2D eigenvalue weighted by Crippen LogP contribution is -2.40. The standard InChI is InChI=1S/C12H24N2O/c1-10-9-12(5-6-13-10)15-8-7-14(2)11-3-4-11/h10-13H,3-9H2,1-2H3. The first-order valence-corrected chi connectivity index (χ1v) is 6.31. The van der Waals surface area contributed by atoms with Crippen molar-refractivity contribution in [2.45, 2.75) is 50.8 Å². The molecule has 0 aromatic rings. The van der Waals surface area contributed by atoms with Crippen LogP contribution in [-0.2, 0) is 4.74 Å². The third kappa shape index (κ3) is 3.74. The van der Waals surface area contributed by atoms with Gasteiger partial charge >= 0.3 is 0 Å². The average molecular weight is 212 g/mol. The fourth-order valence-electron chi connectivity index (χ4n) is 2.30. The predicted molar refractivity (Wildman–Crippen MR) is 62.1 cm³/mol. The molecule has 1 saturated heterocycles. The zero-order chi connectivity index (χ0) is 10.7. The van der Waals surface area contributed by atoms with Gasteiger partial charge in [0.2, 0.25) is 0 Å². The van der Waals surface area contributed by atoms with E-state index in [1.807, 2.05) is 0 Å². The quantitative estimate of drug-likeness (QED) is 0.742. The molecule has 1 aliphatic heterocycles. The molecule has 0 amide bonds. The van der Waals surface area contributed by atoms with Crippen molar-refractivity contribution in [1.82, 2.24) is 10.2 Å². The summed E-state index contributed by atoms with van der Waals surface area (Å²) in [5.74, 6) is 0. The molecule has 15 heavy (non-hydrogen) atoms. The second kappa shape index (κ2) is 5.28. The third-order valence-corrected chi connectivity index (χ3v) is 3.54. The minimum atomic E-state index is 0.494. The number of piperidine rings is 1. The maximum atomic E-state index is 5.92. The van der Waals surface area contributed by atoms with E-state index in [1.165, 1.54) is 25.7 Å². The van der Waals surface area contributed by atoms with E-state index in [4.69, 9.17) is 4.74 Å². The lowest BCUT2D eigenvalue weighted by Gasteiger charge is -2.28. The minimum Gasteiger partial charge on any atom is -0.377 e. The molecule has 0 radical (unpaired) electrons. The second-order valence-electron chi connectivity index (χ2n) is 5.08. The molecule has 88 valence electrons. The molecule has 3 nitrogen and oxygen atoms in total. The molecule has 2 unspecified atom stereocenters. The Morgan fingerprint density at radius 3 is 2.80 bits per heavy atom. The van der Waals surface area contributed by atoms with Crippen LogP contribution in [-0.4, -0.2) is 49.8 Å². The number of nitrogens with zero attached hydrogens (tertiary/aromatic N) is 1. The van der Waals surface area contributed by atoms with Crippen LogP contribution in [0.1, 0.15) is 32.6 Å². The molecule has 0 bridgehead atoms. The van der Waals surface area contributed by atoms with Crippen LogP contribution in [0.4, 0.5) is 0 Å². The maximum absolute atomic E-state index is 5.92. The van der Waals surface area contributed by atoms with Crippen LogP contribution in [0.15, 0.2) is 0 Å². The highest BCUT2D eigenvalue weighted by atomic mass is 16.5. The highest BCUT2D eigenvalue weighted by Gasteiger charge is 2.26. The molecular weight excluding hydrogens is 188 g/mol. The Balaban J connectivity index is 1.56. The van der Waals surface area contributed by atoms with Crippen molar-refractivity contribution in [2.75, 3.05) is 26.7 Å². The van der Waals surface area contributed by atoms with Gasteiger partial charge in [0.05, 0.1) is 12.7 Å². The second-order valence-corrected chi connectivity index (χ2v) is 5.08. The summed E-state index contributed by atoms with van der Waals surface area (Å²) in [4.78, 5) is 2.44. The first-order valence-electron chi connectivity index (χ1n) is 6.31. The summed E-state index contributed by atoms with van der Waals surface area (Å²) in [6.45, 7) is 5.36. The molecule has 1 saturated carbocycles. The first kappa shape index (κ1) is 11.4. The SMILES string of the molecule is CC1CC(OCCN(C)C2CC2)CCN1. The molecule has 0 aromatic heterocycles. The van der Waals surface area contributed by atoms with E-state index in [0.717, 1.165) is 25.7 Å². The Bertz CT molecular complexity index is 194. The number of nitrogens with one attached hydrogen (secondary N) is 1. The summed E-state index contributed by atoms with van der Waals surface area (Å²) in [7, 11) is 2.21. The summed E-state index contributed by atoms with van der Waals surface area (Å²) in [5.41, 5.74) is 0. The normalized spacial score (nSPS) is 32.2. The smallest absolute Gasteiger partial charge is 0.0602 e. The highest BCUT2D eigenvalue weighted by Crippen LogP contribution is 2.24. The average Bonchev–Trinajstić information content (AvgIpc) is 3.00. The van der Waals surface area contributed by atoms with Crippen LogP contribution in [0.2, 0.25) is 0 Å². The molecule has 2 rings (SSSR count). The van der Waals surface area contributed by atoms with Gasteiger partial charge in [-0.2, -0.15) is 0 Å². The third-order valence-electron chi connectivity index (χ3n) is 3.54. The Kier molecular flexibility index (Phi) is 4.00. The van der Waals surface area contributed by atoms with Crippen LogP contribution < -0.4 is 5.32 Å². The molecule has 2 atom stereocenters. The number of ether oxygens (including phenoxy) is 1. The van der Waals surface area contributed by atoms with Crippen LogP contribution in [0, 0.1) is 0 Å². The van der Waals surface area contributed by atoms with E-state index in [0.29, 0.717) is 12.1 Å². The lowest BCUT2D eigenvalue weighted by molar-refractivity contribution is 0.0143. The largest absolute Gasteiger partial charge is 0.377 e. The van der Waals surface area contributed by atoms with Gasteiger partial charge in [-0.25, -0.2) is 0 Å². The molecule has 2 aliphatic rings. The summed E-state index contributed by atoms with van der Waals surface area (Å²) in [6.07, 6.45) is 5.63. The summed E-state index contributed by atoms with van der Waals surface area (Å²) in [5, 5.41) is 3.45. The summed E-state index contributed by atoms with van der Waals surface area (Å²) >= 11 is 0. The maximum Gasteiger partial charge on any atom is 0.0602 e. The van der Waals surface area contributed by atoms with E-state index >= 15 is 0 Å². The van der Waals surface area contributed by atoms with Crippen molar-refractivity contribution >= 4 is 0 Å². The number of rotatable bonds is 5. The molecule has 1 heterocycles. The van der Waals surface area contributed by atoms with Gasteiger partial charge in [-0.1, -0.05) is 0 Å². The van der Waals surface area contributed by atoms with Crippen molar-refractivity contribution in [2.24, 2.45) is 0 Å². The van der Waals surface area contributed by atoms with Crippen LogP contribution in [0.5, 0.6) is 0 Å². The number of hydrogen-bond donors (Lipinski definition) is 1. The zero-order valence-electron chi connectivity index (χ0n) is 10.0. The zero-order valence-corrected chi connectivity index (χ0v) is 10.0. The van der Waals surface area contributed by atoms with Gasteiger partial charge in [-0.15, -0.1) is 0 Å². The lowest BCUT2D eigenvalue weighted by atomic mass is 10.0. The fourth-order valence-corrected chi connectivity index (χ4v) is 2.30. The monoisotopic (exact) mass is 212 g/mol. The highest BCUT2D eigenvalue weighted by molar-refractivity contribution is 4.82. The van der Waals surface area contributed by atoms with E-state index in [1.54, 1.807) is 0 Å². The van der Waals surface area contributed by atoms with Gasteiger partial charge in [0.15, 0.2) is 0 Å². The molecule has 0 spiro atoms. The Morgan fingerprint density at radius 2 is 2.13 bits per heavy atom. The van der Waals surface area contributed by atoms with E-state index < -0.39 is 0 Å². The van der Waals surface area contributed by atoms with Gasteiger partial charge in [-0.3, -0.25) is 0 Å². The van der Waals surface area contributed by atoms with Gasteiger partial charge in [0.25, 0.3) is 0 Å². The minimum absolute atomic E-state index is 0.494. The van der Waals surface area contributed by atoms with Crippen molar-refractivity contribution in [1.29, 1.82) is 0 Å². The Morgan fingerprint density at radius 1 is 1.33 bits per heavy atom. The van der Waals surface area contributed by atoms with E-state index in [2.05, 4.69) is 24.2 Å². The van der Waals surface area contributed by atoms with Gasteiger partial charge in [0, 0.05) is 18.6 Å². The predicted octanol–water partition coefficient (Wildman–Crippen LogP) is 1.24. The Hall–Kier alpha value is -0.120. The molecule has 1 N–H and O–H groups in total. The molecule has 1 aliphatic carbocycles. The van der Waals surface area contributed by atoms with Crippen molar-refractivity contribution in [3.8, 4) is 0 Å². The molecule has 0 aromatic carbocycles. The first-order chi connectivity index (χ1) is 7.25. The van der Waals surface area contributed by atoms with Crippen molar-refractivity contribution in [3.05, 3.63) is 0 Å². The Labute approximate surface area is 93.2 Å².